The molecule has 0 bridgehead atoms. The van der Waals surface area contributed by atoms with Gasteiger partial charge >= 0.3 is 6.16 Å². The molecule has 4 nitrogen and oxygen atoms in total. The van der Waals surface area contributed by atoms with E-state index in [9.17, 15) is 0 Å². The fourth-order valence-corrected chi connectivity index (χ4v) is 0.833. The van der Waals surface area contributed by atoms with Crippen LogP contribution in [0, 0.1) is 5.92 Å². The SMILES string of the molecule is CCCC(CC)CO.O=C(O)O. The molecular weight excluding hydrogens is 160 g/mol. The molecule has 0 rings (SSSR count). The summed E-state index contributed by atoms with van der Waals surface area (Å²) in [6, 6.07) is 0. The molecule has 4 heteroatoms. The second-order valence-electron chi connectivity index (χ2n) is 2.53. The first kappa shape index (κ1) is 13.8. The first-order valence-electron chi connectivity index (χ1n) is 4.11. The minimum Gasteiger partial charge on any atom is -0.450 e. The van der Waals surface area contributed by atoms with Crippen LogP contribution in [0.5, 0.6) is 0 Å². The standard InChI is InChI=1S/C7H16O.CH2O3/c1-3-5-7(4-2)6-8;2-1(3)4/h7-8H,3-6H2,1-2H3;(H2,2,3,4). The van der Waals surface area contributed by atoms with E-state index in [0.717, 1.165) is 6.42 Å². The lowest BCUT2D eigenvalue weighted by Crippen LogP contribution is -2.02. The highest BCUT2D eigenvalue weighted by molar-refractivity contribution is 5.53. The molecule has 0 amide bonds. The van der Waals surface area contributed by atoms with Gasteiger partial charge in [0.05, 0.1) is 0 Å². The third kappa shape index (κ3) is 16.1. The summed E-state index contributed by atoms with van der Waals surface area (Å²) in [6.45, 7) is 4.64. The zero-order valence-electron chi connectivity index (χ0n) is 7.66. The first-order chi connectivity index (χ1) is 5.58. The summed E-state index contributed by atoms with van der Waals surface area (Å²) in [5.74, 6) is 0.556. The lowest BCUT2D eigenvalue weighted by Gasteiger charge is -2.07. The Bertz CT molecular complexity index is 95.2. The molecule has 1 atom stereocenters. The van der Waals surface area contributed by atoms with Gasteiger partial charge in [0.2, 0.25) is 0 Å². The molecule has 0 aliphatic heterocycles. The minimum atomic E-state index is -1.83. The molecule has 0 aliphatic rings. The molecule has 0 heterocycles. The molecule has 0 aromatic rings. The molecule has 0 saturated heterocycles. The summed E-state index contributed by atoms with van der Waals surface area (Å²) >= 11 is 0. The van der Waals surface area contributed by atoms with E-state index in [1.54, 1.807) is 0 Å². The van der Waals surface area contributed by atoms with Crippen LogP contribution in [0.15, 0.2) is 0 Å². The monoisotopic (exact) mass is 178 g/mol. The number of hydrogen-bond donors (Lipinski definition) is 3. The molecule has 3 N–H and O–H groups in total. The number of aliphatic hydroxyl groups excluding tert-OH is 1. The van der Waals surface area contributed by atoms with Gasteiger partial charge in [-0.3, -0.25) is 0 Å². The first-order valence-corrected chi connectivity index (χ1v) is 4.11. The van der Waals surface area contributed by atoms with Crippen molar-refractivity contribution in [1.82, 2.24) is 0 Å². The maximum Gasteiger partial charge on any atom is 0.503 e. The second-order valence-corrected chi connectivity index (χ2v) is 2.53. The van der Waals surface area contributed by atoms with E-state index in [-0.39, 0.29) is 0 Å². The van der Waals surface area contributed by atoms with Crippen molar-refractivity contribution >= 4 is 6.16 Å². The van der Waals surface area contributed by atoms with Gasteiger partial charge in [0, 0.05) is 6.61 Å². The summed E-state index contributed by atoms with van der Waals surface area (Å²) < 4.78 is 0. The molecule has 0 saturated carbocycles. The van der Waals surface area contributed by atoms with Crippen LogP contribution in [0.3, 0.4) is 0 Å². The van der Waals surface area contributed by atoms with E-state index in [2.05, 4.69) is 13.8 Å². The Morgan fingerprint density at radius 2 is 1.75 bits per heavy atom. The van der Waals surface area contributed by atoms with E-state index in [1.165, 1.54) is 12.8 Å². The molecule has 1 unspecified atom stereocenters. The Balaban J connectivity index is 0. The molecule has 0 aromatic carbocycles. The average molecular weight is 178 g/mol. The lowest BCUT2D eigenvalue weighted by molar-refractivity contribution is 0.137. The van der Waals surface area contributed by atoms with Crippen molar-refractivity contribution in [3.63, 3.8) is 0 Å². The van der Waals surface area contributed by atoms with Crippen LogP contribution in [0.4, 0.5) is 4.79 Å². The largest absolute Gasteiger partial charge is 0.503 e. The maximum atomic E-state index is 8.66. The third-order valence-electron chi connectivity index (χ3n) is 1.53. The zero-order valence-corrected chi connectivity index (χ0v) is 7.66. The van der Waals surface area contributed by atoms with Crippen molar-refractivity contribution in [1.29, 1.82) is 0 Å². The van der Waals surface area contributed by atoms with Gasteiger partial charge in [-0.25, -0.2) is 4.79 Å². The molecular formula is C8H18O4. The Labute approximate surface area is 72.8 Å². The predicted molar refractivity (Wildman–Crippen MR) is 46.4 cm³/mol. The molecule has 0 aliphatic carbocycles. The van der Waals surface area contributed by atoms with Crippen molar-refractivity contribution in [3.05, 3.63) is 0 Å². The molecule has 0 spiro atoms. The number of carboxylic acid groups (broad SMARTS) is 2. The summed E-state index contributed by atoms with van der Waals surface area (Å²) in [6.07, 6.45) is 1.65. The van der Waals surface area contributed by atoms with Gasteiger partial charge in [-0.05, 0) is 12.3 Å². The van der Waals surface area contributed by atoms with Crippen LogP contribution in [-0.2, 0) is 0 Å². The minimum absolute atomic E-state index is 0.365. The van der Waals surface area contributed by atoms with Crippen LogP contribution in [0.2, 0.25) is 0 Å². The molecule has 0 fully saturated rings. The van der Waals surface area contributed by atoms with E-state index in [4.69, 9.17) is 20.1 Å². The highest BCUT2D eigenvalue weighted by atomic mass is 16.6. The average Bonchev–Trinajstić information content (AvgIpc) is 1.99. The Kier molecular flexibility index (Phi) is 11.8. The van der Waals surface area contributed by atoms with Gasteiger partial charge in [-0.1, -0.05) is 26.7 Å². The van der Waals surface area contributed by atoms with Crippen LogP contribution >= 0.6 is 0 Å². The normalized spacial score (nSPS) is 11.2. The number of hydrogen-bond acceptors (Lipinski definition) is 2. The number of carbonyl (C=O) groups is 1. The van der Waals surface area contributed by atoms with E-state index in [1.807, 2.05) is 0 Å². The lowest BCUT2D eigenvalue weighted by atomic mass is 10.0. The van der Waals surface area contributed by atoms with Gasteiger partial charge in [-0.2, -0.15) is 0 Å². The summed E-state index contributed by atoms with van der Waals surface area (Å²) in [5, 5.41) is 22.6. The highest BCUT2D eigenvalue weighted by Crippen LogP contribution is 2.08. The van der Waals surface area contributed by atoms with Crippen LogP contribution in [0.1, 0.15) is 33.1 Å². The number of aliphatic hydroxyl groups is 1. The quantitative estimate of drug-likeness (QED) is 0.615. The summed E-state index contributed by atoms with van der Waals surface area (Å²) in [5.41, 5.74) is 0. The topological polar surface area (TPSA) is 77.8 Å². The van der Waals surface area contributed by atoms with Gasteiger partial charge in [-0.15, -0.1) is 0 Å². The summed E-state index contributed by atoms with van der Waals surface area (Å²) in [4.78, 5) is 8.56. The zero-order chi connectivity index (χ0) is 9.98. The van der Waals surface area contributed by atoms with Crippen LogP contribution < -0.4 is 0 Å². The predicted octanol–water partition coefficient (Wildman–Crippen LogP) is 2.03. The smallest absolute Gasteiger partial charge is 0.450 e. The van der Waals surface area contributed by atoms with Crippen LogP contribution in [0.25, 0.3) is 0 Å². The van der Waals surface area contributed by atoms with Crippen molar-refractivity contribution in [3.8, 4) is 0 Å². The highest BCUT2D eigenvalue weighted by Gasteiger charge is 2.00. The number of rotatable bonds is 4. The molecule has 0 aromatic heterocycles. The Morgan fingerprint density at radius 1 is 1.33 bits per heavy atom. The second kappa shape index (κ2) is 10.2. The molecule has 74 valence electrons. The van der Waals surface area contributed by atoms with Crippen molar-refractivity contribution < 1.29 is 20.1 Å². The fourth-order valence-electron chi connectivity index (χ4n) is 0.833. The van der Waals surface area contributed by atoms with Crippen molar-refractivity contribution in [2.45, 2.75) is 33.1 Å². The van der Waals surface area contributed by atoms with Gasteiger partial charge in [0.1, 0.15) is 0 Å². The van der Waals surface area contributed by atoms with E-state index < -0.39 is 6.16 Å². The maximum absolute atomic E-state index is 8.66. The van der Waals surface area contributed by atoms with E-state index in [0.29, 0.717) is 12.5 Å². The van der Waals surface area contributed by atoms with E-state index >= 15 is 0 Å². The van der Waals surface area contributed by atoms with Gasteiger partial charge < -0.3 is 15.3 Å². The Morgan fingerprint density at radius 3 is 1.83 bits per heavy atom. The van der Waals surface area contributed by atoms with Crippen molar-refractivity contribution in [2.24, 2.45) is 5.92 Å². The molecule has 0 radical (unpaired) electrons. The summed E-state index contributed by atoms with van der Waals surface area (Å²) in [7, 11) is 0. The van der Waals surface area contributed by atoms with Gasteiger partial charge in [0.25, 0.3) is 0 Å². The fraction of sp³-hybridized carbons (Fsp3) is 0.875. The van der Waals surface area contributed by atoms with Crippen molar-refractivity contribution in [2.75, 3.05) is 6.61 Å². The molecule has 12 heavy (non-hydrogen) atoms. The Hall–Kier alpha value is -0.770. The third-order valence-corrected chi connectivity index (χ3v) is 1.53. The van der Waals surface area contributed by atoms with Crippen LogP contribution in [-0.4, -0.2) is 28.1 Å². The van der Waals surface area contributed by atoms with Gasteiger partial charge in [0.15, 0.2) is 0 Å².